The molecule has 0 saturated carbocycles. The van der Waals surface area contributed by atoms with Crippen molar-refractivity contribution in [1.29, 1.82) is 0 Å². The highest BCUT2D eigenvalue weighted by molar-refractivity contribution is 5.62. The summed E-state index contributed by atoms with van der Waals surface area (Å²) in [4.78, 5) is 14.3. The van der Waals surface area contributed by atoms with Crippen molar-refractivity contribution in [2.24, 2.45) is 0 Å². The molecule has 0 spiro atoms. The van der Waals surface area contributed by atoms with Crippen LogP contribution in [0.15, 0.2) is 4.52 Å². The summed E-state index contributed by atoms with van der Waals surface area (Å²) >= 11 is 0. The predicted molar refractivity (Wildman–Crippen MR) is 40.0 cm³/mol. The Morgan fingerprint density at radius 3 is 2.69 bits per heavy atom. The molecule has 1 radical (unpaired) electrons. The molecule has 0 unspecified atom stereocenters. The van der Waals surface area contributed by atoms with Gasteiger partial charge >= 0.3 is 12.2 Å². The fourth-order valence-corrected chi connectivity index (χ4v) is 0.525. The lowest BCUT2D eigenvalue weighted by atomic mass is 10.2. The number of ether oxygens (including phenoxy) is 2. The van der Waals surface area contributed by atoms with E-state index in [1.54, 1.807) is 20.8 Å². The number of carbonyl (C=O) groups excluding carboxylic acids is 1. The van der Waals surface area contributed by atoms with Crippen molar-refractivity contribution in [2.45, 2.75) is 26.4 Å². The summed E-state index contributed by atoms with van der Waals surface area (Å²) in [6.07, 6.45) is 0.931. The second-order valence-corrected chi connectivity index (χ2v) is 3.23. The highest BCUT2D eigenvalue weighted by Gasteiger charge is 2.19. The average Bonchev–Trinajstić information content (AvgIpc) is 2.34. The minimum absolute atomic E-state index is 0.283. The normalized spacial score (nSPS) is 11.0. The molecule has 0 fully saturated rings. The number of nitrogens with zero attached hydrogens (tertiary/aromatic N) is 2. The first kappa shape index (κ1) is 9.50. The van der Waals surface area contributed by atoms with Crippen LogP contribution in [0.5, 0.6) is 6.08 Å². The van der Waals surface area contributed by atoms with Gasteiger partial charge in [-0.05, 0) is 25.9 Å². The highest BCUT2D eigenvalue weighted by Crippen LogP contribution is 2.10. The summed E-state index contributed by atoms with van der Waals surface area (Å²) in [6, 6.07) is 0. The third-order valence-electron chi connectivity index (χ3n) is 0.866. The molecule has 1 rings (SSSR count). The van der Waals surface area contributed by atoms with Gasteiger partial charge in [0, 0.05) is 0 Å². The number of hydrogen-bond donors (Lipinski definition) is 0. The van der Waals surface area contributed by atoms with E-state index in [0.29, 0.717) is 0 Å². The molecule has 1 heterocycles. The molecule has 0 aliphatic rings. The maximum Gasteiger partial charge on any atom is 0.517 e. The van der Waals surface area contributed by atoms with Crippen molar-refractivity contribution in [1.82, 2.24) is 10.1 Å². The first-order chi connectivity index (χ1) is 5.97. The lowest BCUT2D eigenvalue weighted by molar-refractivity contribution is 0.0134. The molecule has 0 N–H and O–H groups in total. The molecule has 1 aromatic rings. The Bertz CT molecular complexity index is 275. The minimum atomic E-state index is -0.884. The molecule has 0 aromatic carbocycles. The maximum atomic E-state index is 10.9. The van der Waals surface area contributed by atoms with Crippen LogP contribution in [0, 0.1) is 6.33 Å². The Morgan fingerprint density at radius 2 is 2.23 bits per heavy atom. The van der Waals surface area contributed by atoms with Crippen molar-refractivity contribution >= 4 is 6.16 Å². The molecule has 13 heavy (non-hydrogen) atoms. The first-order valence-electron chi connectivity index (χ1n) is 3.58. The summed E-state index contributed by atoms with van der Waals surface area (Å²) in [5.41, 5.74) is -0.610. The number of hydrogen-bond acceptors (Lipinski definition) is 6. The summed E-state index contributed by atoms with van der Waals surface area (Å²) < 4.78 is 13.7. The Hall–Kier alpha value is -1.59. The molecule has 0 aliphatic heterocycles. The SMILES string of the molecule is CC(C)(C)OC(=O)Oc1n[c]no1. The number of rotatable bonds is 1. The van der Waals surface area contributed by atoms with E-state index < -0.39 is 11.8 Å². The van der Waals surface area contributed by atoms with Gasteiger partial charge in [-0.15, -0.1) is 4.98 Å². The molecule has 0 amide bonds. The van der Waals surface area contributed by atoms with Crippen LogP contribution in [-0.2, 0) is 4.74 Å². The van der Waals surface area contributed by atoms with Gasteiger partial charge < -0.3 is 9.47 Å². The lowest BCUT2D eigenvalue weighted by Crippen LogP contribution is -2.26. The zero-order valence-electron chi connectivity index (χ0n) is 7.53. The summed E-state index contributed by atoms with van der Waals surface area (Å²) in [7, 11) is 0. The Balaban J connectivity index is 2.43. The second kappa shape index (κ2) is 3.42. The van der Waals surface area contributed by atoms with Crippen LogP contribution < -0.4 is 4.74 Å². The van der Waals surface area contributed by atoms with E-state index in [-0.39, 0.29) is 6.08 Å². The minimum Gasteiger partial charge on any atom is -0.428 e. The average molecular weight is 185 g/mol. The van der Waals surface area contributed by atoms with Crippen LogP contribution in [0.3, 0.4) is 0 Å². The molecule has 71 valence electrons. The molecule has 0 saturated heterocycles. The van der Waals surface area contributed by atoms with E-state index in [2.05, 4.69) is 25.7 Å². The van der Waals surface area contributed by atoms with Crippen LogP contribution in [0.2, 0.25) is 0 Å². The Labute approximate surface area is 74.8 Å². The van der Waals surface area contributed by atoms with Gasteiger partial charge in [-0.2, -0.15) is 0 Å². The van der Waals surface area contributed by atoms with E-state index in [9.17, 15) is 4.79 Å². The Morgan fingerprint density at radius 1 is 1.54 bits per heavy atom. The van der Waals surface area contributed by atoms with Crippen molar-refractivity contribution in [3.63, 3.8) is 0 Å². The second-order valence-electron chi connectivity index (χ2n) is 3.23. The third kappa shape index (κ3) is 3.55. The molecule has 0 atom stereocenters. The summed E-state index contributed by atoms with van der Waals surface area (Å²) in [5.74, 6) is 0. The molecular weight excluding hydrogens is 176 g/mol. The lowest BCUT2D eigenvalue weighted by Gasteiger charge is -2.17. The van der Waals surface area contributed by atoms with Crippen molar-refractivity contribution in [2.75, 3.05) is 0 Å². The van der Waals surface area contributed by atoms with Crippen molar-refractivity contribution < 1.29 is 18.8 Å². The molecular formula is C7H9N2O4. The predicted octanol–water partition coefficient (Wildman–Crippen LogP) is 1.18. The molecule has 1 aromatic heterocycles. The van der Waals surface area contributed by atoms with E-state index >= 15 is 0 Å². The molecule has 6 nitrogen and oxygen atoms in total. The van der Waals surface area contributed by atoms with Crippen molar-refractivity contribution in [3.05, 3.63) is 6.33 Å². The van der Waals surface area contributed by atoms with Gasteiger partial charge in [0.05, 0.1) is 0 Å². The van der Waals surface area contributed by atoms with Crippen LogP contribution in [0.1, 0.15) is 20.8 Å². The monoisotopic (exact) mass is 185 g/mol. The fourth-order valence-electron chi connectivity index (χ4n) is 0.525. The van der Waals surface area contributed by atoms with E-state index in [1.165, 1.54) is 0 Å². The third-order valence-corrected chi connectivity index (χ3v) is 0.866. The Kier molecular flexibility index (Phi) is 2.50. The van der Waals surface area contributed by atoms with Crippen LogP contribution in [-0.4, -0.2) is 21.9 Å². The summed E-state index contributed by atoms with van der Waals surface area (Å²) in [5, 5.41) is 3.13. The zero-order chi connectivity index (χ0) is 9.90. The summed E-state index contributed by atoms with van der Waals surface area (Å²) in [6.45, 7) is 5.15. The van der Waals surface area contributed by atoms with E-state index in [4.69, 9.17) is 4.74 Å². The van der Waals surface area contributed by atoms with E-state index in [1.807, 2.05) is 0 Å². The van der Waals surface area contributed by atoms with E-state index in [0.717, 1.165) is 0 Å². The maximum absolute atomic E-state index is 10.9. The van der Waals surface area contributed by atoms with Gasteiger partial charge in [0.15, 0.2) is 0 Å². The van der Waals surface area contributed by atoms with Gasteiger partial charge in [-0.25, -0.2) is 4.79 Å². The zero-order valence-corrected chi connectivity index (χ0v) is 7.53. The van der Waals surface area contributed by atoms with Crippen LogP contribution >= 0.6 is 0 Å². The van der Waals surface area contributed by atoms with Gasteiger partial charge in [0.25, 0.3) is 0 Å². The van der Waals surface area contributed by atoms with Gasteiger partial charge in [-0.3, -0.25) is 4.52 Å². The van der Waals surface area contributed by atoms with Gasteiger partial charge in [-0.1, -0.05) is 0 Å². The van der Waals surface area contributed by atoms with Gasteiger partial charge in [0.1, 0.15) is 5.60 Å². The molecule has 6 heteroatoms. The van der Waals surface area contributed by atoms with Gasteiger partial charge in [0.2, 0.25) is 6.33 Å². The van der Waals surface area contributed by atoms with Crippen LogP contribution in [0.4, 0.5) is 4.79 Å². The number of aromatic nitrogens is 2. The molecule has 0 aliphatic carbocycles. The standard InChI is InChI=1S/C7H9N2O4/c1-7(2,3)12-6(10)11-5-8-4-9-13-5/h1-3H3. The fraction of sp³-hybridized carbons (Fsp3) is 0.571. The smallest absolute Gasteiger partial charge is 0.428 e. The highest BCUT2D eigenvalue weighted by atomic mass is 16.8. The topological polar surface area (TPSA) is 74.5 Å². The number of carbonyl (C=O) groups is 1. The largest absolute Gasteiger partial charge is 0.517 e. The first-order valence-corrected chi connectivity index (χ1v) is 3.58. The van der Waals surface area contributed by atoms with Crippen molar-refractivity contribution in [3.8, 4) is 6.08 Å². The molecule has 0 bridgehead atoms. The van der Waals surface area contributed by atoms with Crippen LogP contribution in [0.25, 0.3) is 0 Å². The quantitative estimate of drug-likeness (QED) is 0.611.